The van der Waals surface area contributed by atoms with Gasteiger partial charge in [0.05, 0.1) is 11.1 Å². The van der Waals surface area contributed by atoms with Crippen LogP contribution < -0.4 is 11.1 Å². The largest absolute Gasteiger partial charge is 0.452 e. The number of primary amides is 1. The van der Waals surface area contributed by atoms with E-state index in [2.05, 4.69) is 5.32 Å². The molecule has 2 aromatic carbocycles. The monoisotopic (exact) mass is 408 g/mol. The number of anilines is 1. The van der Waals surface area contributed by atoms with Gasteiger partial charge in [0.15, 0.2) is 6.61 Å². The summed E-state index contributed by atoms with van der Waals surface area (Å²) in [6.45, 7) is -0.456. The third kappa shape index (κ3) is 5.52. The Morgan fingerprint density at radius 1 is 0.897 bits per heavy atom. The molecule has 0 fully saturated rings. The van der Waals surface area contributed by atoms with Crippen molar-refractivity contribution in [1.29, 1.82) is 0 Å². The molecule has 1 heterocycles. The number of esters is 1. The van der Waals surface area contributed by atoms with E-state index in [4.69, 9.17) is 10.5 Å². The second-order valence-electron chi connectivity index (χ2n) is 6.29. The van der Waals surface area contributed by atoms with E-state index in [1.807, 2.05) is 42.5 Å². The van der Waals surface area contributed by atoms with Gasteiger partial charge in [0.25, 0.3) is 11.8 Å². The van der Waals surface area contributed by atoms with Crippen LogP contribution >= 0.6 is 11.3 Å². The first kappa shape index (κ1) is 20.3. The maximum atomic E-state index is 12.5. The third-order valence-corrected chi connectivity index (χ3v) is 5.11. The van der Waals surface area contributed by atoms with E-state index in [0.29, 0.717) is 17.0 Å². The number of hydrogen-bond donors (Lipinski definition) is 2. The quantitative estimate of drug-likeness (QED) is 0.558. The lowest BCUT2D eigenvalue weighted by molar-refractivity contribution is -0.119. The molecule has 29 heavy (non-hydrogen) atoms. The van der Waals surface area contributed by atoms with Crippen LogP contribution in [-0.4, -0.2) is 24.4 Å². The molecule has 0 spiro atoms. The average Bonchev–Trinajstić information content (AvgIpc) is 3.20. The highest BCUT2D eigenvalue weighted by Gasteiger charge is 2.16. The Balaban J connectivity index is 1.58. The zero-order valence-electron chi connectivity index (χ0n) is 15.6. The number of ether oxygens (including phenoxy) is 1. The Hall–Kier alpha value is -3.45. The highest BCUT2D eigenvalue weighted by atomic mass is 32.1. The van der Waals surface area contributed by atoms with Crippen LogP contribution in [0.3, 0.4) is 0 Å². The van der Waals surface area contributed by atoms with Gasteiger partial charge in [-0.2, -0.15) is 0 Å². The molecule has 0 aliphatic carbocycles. The molecular formula is C22H20N2O4S. The highest BCUT2D eigenvalue weighted by Crippen LogP contribution is 2.22. The summed E-state index contributed by atoms with van der Waals surface area (Å²) < 4.78 is 5.17. The van der Waals surface area contributed by atoms with Gasteiger partial charge in [-0.3, -0.25) is 9.59 Å². The first-order valence-electron chi connectivity index (χ1n) is 9.00. The molecule has 0 bridgehead atoms. The molecule has 7 heteroatoms. The minimum Gasteiger partial charge on any atom is -0.452 e. The molecule has 0 radical (unpaired) electrons. The Morgan fingerprint density at radius 3 is 2.38 bits per heavy atom. The number of aryl methyl sites for hydroxylation is 2. The third-order valence-electron chi connectivity index (χ3n) is 4.28. The van der Waals surface area contributed by atoms with E-state index < -0.39 is 24.4 Å². The SMILES string of the molecule is NC(=O)c1ccsc1NC(=O)COC(=O)c1ccccc1CCc1ccccc1. The minimum atomic E-state index is -0.633. The van der Waals surface area contributed by atoms with Gasteiger partial charge in [-0.25, -0.2) is 4.79 Å². The van der Waals surface area contributed by atoms with Gasteiger partial charge in [0, 0.05) is 0 Å². The predicted octanol–water partition coefficient (Wildman–Crippen LogP) is 3.43. The van der Waals surface area contributed by atoms with E-state index in [1.54, 1.807) is 17.5 Å². The number of carbonyl (C=O) groups is 3. The lowest BCUT2D eigenvalue weighted by Crippen LogP contribution is -2.22. The maximum absolute atomic E-state index is 12.5. The van der Waals surface area contributed by atoms with Crippen molar-refractivity contribution in [2.45, 2.75) is 12.8 Å². The Morgan fingerprint density at radius 2 is 1.62 bits per heavy atom. The number of nitrogens with two attached hydrogens (primary N) is 1. The second-order valence-corrected chi connectivity index (χ2v) is 7.21. The molecule has 0 unspecified atom stereocenters. The normalized spacial score (nSPS) is 10.3. The number of hydrogen-bond acceptors (Lipinski definition) is 5. The van der Waals surface area contributed by atoms with Gasteiger partial charge in [-0.1, -0.05) is 48.5 Å². The van der Waals surface area contributed by atoms with E-state index in [-0.39, 0.29) is 5.56 Å². The number of nitrogens with one attached hydrogen (secondary N) is 1. The summed E-state index contributed by atoms with van der Waals surface area (Å²) in [6.07, 6.45) is 1.47. The second kappa shape index (κ2) is 9.66. The van der Waals surface area contributed by atoms with Gasteiger partial charge in [0.1, 0.15) is 5.00 Å². The maximum Gasteiger partial charge on any atom is 0.338 e. The molecule has 3 aromatic rings. The Bertz CT molecular complexity index is 1010. The molecule has 0 aliphatic rings. The van der Waals surface area contributed by atoms with Gasteiger partial charge < -0.3 is 15.8 Å². The number of rotatable bonds is 8. The smallest absolute Gasteiger partial charge is 0.338 e. The van der Waals surface area contributed by atoms with Crippen molar-refractivity contribution in [2.75, 3.05) is 11.9 Å². The van der Waals surface area contributed by atoms with Crippen LogP contribution in [0, 0.1) is 0 Å². The van der Waals surface area contributed by atoms with Crippen LogP contribution in [-0.2, 0) is 22.4 Å². The predicted molar refractivity (Wildman–Crippen MR) is 112 cm³/mol. The van der Waals surface area contributed by atoms with Crippen molar-refractivity contribution >= 4 is 34.1 Å². The lowest BCUT2D eigenvalue weighted by atomic mass is 10.00. The molecule has 6 nitrogen and oxygen atoms in total. The molecule has 0 atom stereocenters. The number of carbonyl (C=O) groups excluding carboxylic acids is 3. The van der Waals surface area contributed by atoms with Crippen molar-refractivity contribution in [3.63, 3.8) is 0 Å². The molecule has 0 saturated heterocycles. The number of amides is 2. The van der Waals surface area contributed by atoms with E-state index in [9.17, 15) is 14.4 Å². The van der Waals surface area contributed by atoms with Crippen LogP contribution in [0.1, 0.15) is 31.8 Å². The summed E-state index contributed by atoms with van der Waals surface area (Å²) in [6, 6.07) is 18.7. The van der Waals surface area contributed by atoms with Gasteiger partial charge >= 0.3 is 5.97 Å². The zero-order chi connectivity index (χ0) is 20.6. The van der Waals surface area contributed by atoms with Crippen molar-refractivity contribution in [1.82, 2.24) is 0 Å². The van der Waals surface area contributed by atoms with Gasteiger partial charge in [-0.05, 0) is 41.5 Å². The van der Waals surface area contributed by atoms with Crippen LogP contribution in [0.2, 0.25) is 0 Å². The fourth-order valence-corrected chi connectivity index (χ4v) is 3.64. The van der Waals surface area contributed by atoms with Crippen molar-refractivity contribution < 1.29 is 19.1 Å². The summed E-state index contributed by atoms with van der Waals surface area (Å²) in [4.78, 5) is 35.9. The first-order valence-corrected chi connectivity index (χ1v) is 9.88. The van der Waals surface area contributed by atoms with Crippen molar-refractivity contribution in [3.05, 3.63) is 88.3 Å². The first-order chi connectivity index (χ1) is 14.0. The van der Waals surface area contributed by atoms with Crippen molar-refractivity contribution in [3.8, 4) is 0 Å². The molecule has 1 aromatic heterocycles. The van der Waals surface area contributed by atoms with E-state index in [0.717, 1.165) is 12.0 Å². The molecule has 2 amide bonds. The van der Waals surface area contributed by atoms with Gasteiger partial charge in [0.2, 0.25) is 0 Å². The molecule has 3 N–H and O–H groups in total. The van der Waals surface area contributed by atoms with Gasteiger partial charge in [-0.15, -0.1) is 11.3 Å². The van der Waals surface area contributed by atoms with Crippen molar-refractivity contribution in [2.24, 2.45) is 5.73 Å². The summed E-state index contributed by atoms with van der Waals surface area (Å²) in [5.41, 5.74) is 7.94. The topological polar surface area (TPSA) is 98.5 Å². The van der Waals surface area contributed by atoms with E-state index in [1.165, 1.54) is 23.0 Å². The highest BCUT2D eigenvalue weighted by molar-refractivity contribution is 7.14. The summed E-state index contributed by atoms with van der Waals surface area (Å²) in [7, 11) is 0. The Labute approximate surface area is 172 Å². The minimum absolute atomic E-state index is 0.223. The summed E-state index contributed by atoms with van der Waals surface area (Å²) in [5.74, 6) is -1.74. The fraction of sp³-hybridized carbons (Fsp3) is 0.136. The Kier molecular flexibility index (Phi) is 6.76. The number of thiophene rings is 1. The standard InChI is InChI=1S/C22H20N2O4S/c23-20(26)18-12-13-29-21(18)24-19(25)14-28-22(27)17-9-5-4-8-16(17)11-10-15-6-2-1-3-7-15/h1-9,12-13H,10-11,14H2,(H2,23,26)(H,24,25). The molecule has 0 aliphatic heterocycles. The van der Waals surface area contributed by atoms with Crippen LogP contribution in [0.25, 0.3) is 0 Å². The van der Waals surface area contributed by atoms with Crippen LogP contribution in [0.4, 0.5) is 5.00 Å². The molecule has 148 valence electrons. The summed E-state index contributed by atoms with van der Waals surface area (Å²) >= 11 is 1.17. The van der Waals surface area contributed by atoms with E-state index >= 15 is 0 Å². The van der Waals surface area contributed by atoms with Crippen LogP contribution in [0.5, 0.6) is 0 Å². The number of benzene rings is 2. The van der Waals surface area contributed by atoms with Crippen LogP contribution in [0.15, 0.2) is 66.0 Å². The average molecular weight is 408 g/mol. The summed E-state index contributed by atoms with van der Waals surface area (Å²) in [5, 5.41) is 4.52. The lowest BCUT2D eigenvalue weighted by Gasteiger charge is -2.10. The molecule has 0 saturated carbocycles. The fourth-order valence-electron chi connectivity index (χ4n) is 2.83. The zero-order valence-corrected chi connectivity index (χ0v) is 16.4. The molecule has 3 rings (SSSR count). The molecular weight excluding hydrogens is 388 g/mol.